The molecule has 1 unspecified atom stereocenters. The van der Waals surface area contributed by atoms with E-state index in [2.05, 4.69) is 12.2 Å². The van der Waals surface area contributed by atoms with Crippen LogP contribution in [0.1, 0.15) is 19.8 Å². The summed E-state index contributed by atoms with van der Waals surface area (Å²) in [6.07, 6.45) is 2.34. The van der Waals surface area contributed by atoms with Crippen molar-refractivity contribution in [2.24, 2.45) is 5.92 Å². The van der Waals surface area contributed by atoms with E-state index >= 15 is 0 Å². The second kappa shape index (κ2) is 7.14. The van der Waals surface area contributed by atoms with Crippen LogP contribution in [0, 0.1) is 5.92 Å². The van der Waals surface area contributed by atoms with Crippen molar-refractivity contribution in [2.45, 2.75) is 25.8 Å². The van der Waals surface area contributed by atoms with Crippen LogP contribution in [0.2, 0.25) is 5.02 Å². The lowest BCUT2D eigenvalue weighted by Crippen LogP contribution is -2.42. The maximum atomic E-state index is 12.9. The lowest BCUT2D eigenvalue weighted by atomic mass is 10.1. The van der Waals surface area contributed by atoms with Crippen molar-refractivity contribution in [2.75, 3.05) is 17.3 Å². The van der Waals surface area contributed by atoms with Crippen LogP contribution < -0.4 is 15.0 Å². The van der Waals surface area contributed by atoms with E-state index in [1.54, 1.807) is 31.4 Å². The molecule has 126 valence electrons. The quantitative estimate of drug-likeness (QED) is 0.811. The Labute approximate surface area is 147 Å². The largest absolute Gasteiger partial charge is 0.497 e. The Hall–Kier alpha value is -2.20. The summed E-state index contributed by atoms with van der Waals surface area (Å²) < 4.78 is 5.20. The van der Waals surface area contributed by atoms with Crippen LogP contribution in [0.3, 0.4) is 0 Å². The third-order valence-corrected chi connectivity index (χ3v) is 4.63. The third kappa shape index (κ3) is 3.82. The predicted molar refractivity (Wildman–Crippen MR) is 98.1 cm³/mol. The smallest absolute Gasteiger partial charge is 0.326 e. The van der Waals surface area contributed by atoms with Gasteiger partial charge in [-0.3, -0.25) is 4.90 Å². The molecule has 24 heavy (non-hydrogen) atoms. The molecule has 1 N–H and O–H groups in total. The molecular formula is C19H21ClN2O2. The zero-order chi connectivity index (χ0) is 17.1. The van der Waals surface area contributed by atoms with Gasteiger partial charge in [0.25, 0.3) is 0 Å². The summed E-state index contributed by atoms with van der Waals surface area (Å²) in [7, 11) is 1.63. The number of methoxy groups -OCH3 is 1. The highest BCUT2D eigenvalue weighted by molar-refractivity contribution is 6.30. The van der Waals surface area contributed by atoms with Crippen LogP contribution in [0.5, 0.6) is 5.75 Å². The Kier molecular flexibility index (Phi) is 4.95. The minimum absolute atomic E-state index is 0.137. The zero-order valence-electron chi connectivity index (χ0n) is 13.8. The number of hydrogen-bond acceptors (Lipinski definition) is 2. The highest BCUT2D eigenvalue weighted by Crippen LogP contribution is 2.37. The normalized spacial score (nSPS) is 14.8. The fourth-order valence-electron chi connectivity index (χ4n) is 2.79. The average Bonchev–Trinajstić information content (AvgIpc) is 3.43. The average molecular weight is 345 g/mol. The molecule has 0 aromatic heterocycles. The number of halogens is 1. The fraction of sp³-hybridized carbons (Fsp3) is 0.316. The Morgan fingerprint density at radius 2 is 1.79 bits per heavy atom. The highest BCUT2D eigenvalue weighted by atomic mass is 35.5. The van der Waals surface area contributed by atoms with Gasteiger partial charge in [0.2, 0.25) is 0 Å². The van der Waals surface area contributed by atoms with Crippen molar-refractivity contribution in [3.8, 4) is 5.75 Å². The van der Waals surface area contributed by atoms with Crippen molar-refractivity contribution in [1.29, 1.82) is 0 Å². The van der Waals surface area contributed by atoms with Gasteiger partial charge in [-0.15, -0.1) is 0 Å². The summed E-state index contributed by atoms with van der Waals surface area (Å²) in [5.74, 6) is 1.33. The van der Waals surface area contributed by atoms with Gasteiger partial charge in [0.1, 0.15) is 5.75 Å². The first-order valence-corrected chi connectivity index (χ1v) is 8.46. The molecule has 5 heteroatoms. The molecule has 2 aromatic carbocycles. The van der Waals surface area contributed by atoms with E-state index in [9.17, 15) is 4.79 Å². The summed E-state index contributed by atoms with van der Waals surface area (Å²) in [5, 5.41) is 3.60. The maximum Gasteiger partial charge on any atom is 0.326 e. The molecule has 0 bridgehead atoms. The Morgan fingerprint density at radius 3 is 2.33 bits per heavy atom. The molecule has 3 rings (SSSR count). The molecule has 0 saturated heterocycles. The summed E-state index contributed by atoms with van der Waals surface area (Å²) in [5.41, 5.74) is 1.59. The zero-order valence-corrected chi connectivity index (χ0v) is 14.6. The number of anilines is 2. The van der Waals surface area contributed by atoms with Gasteiger partial charge >= 0.3 is 6.03 Å². The summed E-state index contributed by atoms with van der Waals surface area (Å²) in [4.78, 5) is 14.7. The lowest BCUT2D eigenvalue weighted by Gasteiger charge is -2.30. The van der Waals surface area contributed by atoms with Crippen molar-refractivity contribution in [3.05, 3.63) is 53.6 Å². The predicted octanol–water partition coefficient (Wildman–Crippen LogP) is 5.19. The standard InChI is InChI=1S/C19H21ClN2O2/c1-13(14-3-4-14)22(17-9-11-18(24-2)12-10-17)19(23)21-16-7-5-15(20)6-8-16/h5-14H,3-4H2,1-2H3,(H,21,23). The first kappa shape index (κ1) is 16.7. The summed E-state index contributed by atoms with van der Waals surface area (Å²) >= 11 is 5.90. The van der Waals surface area contributed by atoms with E-state index in [1.807, 2.05) is 29.2 Å². The number of rotatable bonds is 5. The molecule has 1 saturated carbocycles. The van der Waals surface area contributed by atoms with Crippen LogP contribution in [-0.2, 0) is 0 Å². The van der Waals surface area contributed by atoms with Crippen LogP contribution in [-0.4, -0.2) is 19.2 Å². The number of urea groups is 1. The molecule has 2 aromatic rings. The molecule has 1 fully saturated rings. The molecule has 1 atom stereocenters. The second-order valence-electron chi connectivity index (χ2n) is 6.08. The Bertz CT molecular complexity index is 696. The van der Waals surface area contributed by atoms with Crippen LogP contribution in [0.4, 0.5) is 16.2 Å². The molecule has 1 aliphatic carbocycles. The summed E-state index contributed by atoms with van der Waals surface area (Å²) in [6, 6.07) is 14.7. The van der Waals surface area contributed by atoms with E-state index in [-0.39, 0.29) is 12.1 Å². The first-order chi connectivity index (χ1) is 11.6. The van der Waals surface area contributed by atoms with Crippen LogP contribution >= 0.6 is 11.6 Å². The molecule has 0 spiro atoms. The van der Waals surface area contributed by atoms with E-state index < -0.39 is 0 Å². The monoisotopic (exact) mass is 344 g/mol. The van der Waals surface area contributed by atoms with Crippen molar-refractivity contribution >= 4 is 29.0 Å². The van der Waals surface area contributed by atoms with Gasteiger partial charge in [0.05, 0.1) is 7.11 Å². The molecule has 0 radical (unpaired) electrons. The molecule has 4 nitrogen and oxygen atoms in total. The fourth-order valence-corrected chi connectivity index (χ4v) is 2.91. The van der Waals surface area contributed by atoms with Crippen molar-refractivity contribution in [1.82, 2.24) is 0 Å². The van der Waals surface area contributed by atoms with Crippen LogP contribution in [0.25, 0.3) is 0 Å². The number of benzene rings is 2. The second-order valence-corrected chi connectivity index (χ2v) is 6.52. The Morgan fingerprint density at radius 1 is 1.17 bits per heavy atom. The van der Waals surface area contributed by atoms with Gasteiger partial charge in [-0.2, -0.15) is 0 Å². The van der Waals surface area contributed by atoms with Gasteiger partial charge in [-0.1, -0.05) is 11.6 Å². The minimum atomic E-state index is -0.137. The molecule has 0 heterocycles. The third-order valence-electron chi connectivity index (χ3n) is 4.38. The van der Waals surface area contributed by atoms with E-state index in [1.165, 1.54) is 12.8 Å². The van der Waals surface area contributed by atoms with Gasteiger partial charge in [-0.05, 0) is 74.2 Å². The number of carbonyl (C=O) groups is 1. The molecule has 0 aliphatic heterocycles. The summed E-state index contributed by atoms with van der Waals surface area (Å²) in [6.45, 7) is 2.10. The number of amides is 2. The number of ether oxygens (including phenoxy) is 1. The van der Waals surface area contributed by atoms with E-state index in [4.69, 9.17) is 16.3 Å². The molecular weight excluding hydrogens is 324 g/mol. The topological polar surface area (TPSA) is 41.6 Å². The van der Waals surface area contributed by atoms with E-state index in [0.29, 0.717) is 10.9 Å². The lowest BCUT2D eigenvalue weighted by molar-refractivity contribution is 0.254. The minimum Gasteiger partial charge on any atom is -0.497 e. The van der Waals surface area contributed by atoms with Gasteiger partial charge < -0.3 is 10.1 Å². The number of nitrogens with zero attached hydrogens (tertiary/aromatic N) is 1. The first-order valence-electron chi connectivity index (χ1n) is 8.08. The number of hydrogen-bond donors (Lipinski definition) is 1. The highest BCUT2D eigenvalue weighted by Gasteiger charge is 2.35. The van der Waals surface area contributed by atoms with Gasteiger partial charge in [0, 0.05) is 22.4 Å². The molecule has 1 aliphatic rings. The SMILES string of the molecule is COc1ccc(N(C(=O)Nc2ccc(Cl)cc2)C(C)C2CC2)cc1. The van der Waals surface area contributed by atoms with Gasteiger partial charge in [0.15, 0.2) is 0 Å². The van der Waals surface area contributed by atoms with Crippen molar-refractivity contribution in [3.63, 3.8) is 0 Å². The van der Waals surface area contributed by atoms with Gasteiger partial charge in [-0.25, -0.2) is 4.79 Å². The van der Waals surface area contributed by atoms with Crippen LogP contribution in [0.15, 0.2) is 48.5 Å². The molecule has 2 amide bonds. The maximum absolute atomic E-state index is 12.9. The van der Waals surface area contributed by atoms with E-state index in [0.717, 1.165) is 17.1 Å². The number of nitrogens with one attached hydrogen (secondary N) is 1. The van der Waals surface area contributed by atoms with Crippen molar-refractivity contribution < 1.29 is 9.53 Å². The number of carbonyl (C=O) groups excluding carboxylic acids is 1. The Balaban J connectivity index is 1.82.